The smallest absolute Gasteiger partial charge is 0.199 e. The average Bonchev–Trinajstić information content (AvgIpc) is 2.72. The van der Waals surface area contributed by atoms with Gasteiger partial charge in [-0.3, -0.25) is 0 Å². The maximum Gasteiger partial charge on any atom is 0.199 e. The lowest BCUT2D eigenvalue weighted by atomic mass is 10.2. The van der Waals surface area contributed by atoms with E-state index >= 15 is 0 Å². The molecule has 1 unspecified atom stereocenters. The van der Waals surface area contributed by atoms with Crippen LogP contribution in [0.4, 0.5) is 0 Å². The van der Waals surface area contributed by atoms with E-state index in [1.54, 1.807) is 11.3 Å². The molecule has 0 aliphatic carbocycles. The molecule has 1 atom stereocenters. The van der Waals surface area contributed by atoms with Crippen molar-refractivity contribution in [3.8, 4) is 5.75 Å². The summed E-state index contributed by atoms with van der Waals surface area (Å²) in [6, 6.07) is 6.00. The van der Waals surface area contributed by atoms with E-state index in [9.17, 15) is 0 Å². The predicted molar refractivity (Wildman–Crippen MR) is 71.1 cm³/mol. The Morgan fingerprint density at radius 2 is 2.29 bits per heavy atom. The summed E-state index contributed by atoms with van der Waals surface area (Å²) in [6.45, 7) is 0.803. The third kappa shape index (κ3) is 2.41. The summed E-state index contributed by atoms with van der Waals surface area (Å²) in [5.74, 6) is 0.864. The van der Waals surface area contributed by atoms with Gasteiger partial charge in [0.05, 0.1) is 11.6 Å². The molecular weight excluding hydrogens is 256 g/mol. The minimum absolute atomic E-state index is 0.0864. The SMILES string of the molecule is Clc1csc2cc(OC3CCCCO3)ccc12. The van der Waals surface area contributed by atoms with E-state index in [-0.39, 0.29) is 6.29 Å². The lowest BCUT2D eigenvalue weighted by Gasteiger charge is -2.23. The van der Waals surface area contributed by atoms with Crippen LogP contribution in [0.15, 0.2) is 23.6 Å². The van der Waals surface area contributed by atoms with E-state index in [4.69, 9.17) is 21.1 Å². The van der Waals surface area contributed by atoms with Crippen LogP contribution in [0.3, 0.4) is 0 Å². The Bertz CT molecular complexity index is 517. The number of hydrogen-bond acceptors (Lipinski definition) is 3. The third-order valence-corrected chi connectivity index (χ3v) is 4.29. The molecule has 17 heavy (non-hydrogen) atoms. The van der Waals surface area contributed by atoms with Gasteiger partial charge < -0.3 is 9.47 Å². The zero-order chi connectivity index (χ0) is 11.7. The van der Waals surface area contributed by atoms with Crippen molar-refractivity contribution in [2.45, 2.75) is 25.6 Å². The minimum Gasteiger partial charge on any atom is -0.465 e. The molecule has 2 aromatic rings. The van der Waals surface area contributed by atoms with Crippen LogP contribution in [-0.2, 0) is 4.74 Å². The van der Waals surface area contributed by atoms with Crippen LogP contribution in [-0.4, -0.2) is 12.9 Å². The molecule has 1 aromatic carbocycles. The van der Waals surface area contributed by atoms with E-state index in [2.05, 4.69) is 0 Å². The number of hydrogen-bond donors (Lipinski definition) is 0. The molecule has 0 N–H and O–H groups in total. The van der Waals surface area contributed by atoms with Crippen molar-refractivity contribution in [1.82, 2.24) is 0 Å². The maximum absolute atomic E-state index is 6.06. The minimum atomic E-state index is -0.0864. The fourth-order valence-electron chi connectivity index (χ4n) is 2.01. The van der Waals surface area contributed by atoms with Crippen molar-refractivity contribution < 1.29 is 9.47 Å². The zero-order valence-electron chi connectivity index (χ0n) is 9.32. The summed E-state index contributed by atoms with van der Waals surface area (Å²) in [4.78, 5) is 0. The van der Waals surface area contributed by atoms with Crippen molar-refractivity contribution in [2.75, 3.05) is 6.61 Å². The molecule has 0 radical (unpaired) electrons. The number of fused-ring (bicyclic) bond motifs is 1. The molecule has 2 nitrogen and oxygen atoms in total. The normalized spacial score (nSPS) is 20.6. The van der Waals surface area contributed by atoms with Gasteiger partial charge >= 0.3 is 0 Å². The lowest BCUT2D eigenvalue weighted by Crippen LogP contribution is -2.24. The summed E-state index contributed by atoms with van der Waals surface area (Å²) in [7, 11) is 0. The molecule has 3 rings (SSSR count). The molecule has 0 saturated carbocycles. The fourth-order valence-corrected chi connectivity index (χ4v) is 3.21. The summed E-state index contributed by atoms with van der Waals surface area (Å²) >= 11 is 7.70. The van der Waals surface area contributed by atoms with E-state index in [0.29, 0.717) is 0 Å². The largest absolute Gasteiger partial charge is 0.465 e. The Balaban J connectivity index is 1.80. The molecular formula is C13H13ClO2S. The summed E-state index contributed by atoms with van der Waals surface area (Å²) in [6.07, 6.45) is 3.21. The first-order valence-electron chi connectivity index (χ1n) is 5.78. The Hall–Kier alpha value is -0.770. The first-order chi connectivity index (χ1) is 8.33. The maximum atomic E-state index is 6.06. The van der Waals surface area contributed by atoms with Crippen molar-refractivity contribution in [3.05, 3.63) is 28.6 Å². The molecule has 1 saturated heterocycles. The van der Waals surface area contributed by atoms with E-state index in [0.717, 1.165) is 40.3 Å². The average molecular weight is 269 g/mol. The van der Waals surface area contributed by atoms with E-state index in [1.165, 1.54) is 6.42 Å². The highest BCUT2D eigenvalue weighted by atomic mass is 35.5. The number of benzene rings is 1. The molecule has 90 valence electrons. The molecule has 0 bridgehead atoms. The van der Waals surface area contributed by atoms with Crippen LogP contribution in [0, 0.1) is 0 Å². The van der Waals surface area contributed by atoms with Crippen molar-refractivity contribution in [1.29, 1.82) is 0 Å². The van der Waals surface area contributed by atoms with Crippen LogP contribution in [0.2, 0.25) is 5.02 Å². The second kappa shape index (κ2) is 4.84. The second-order valence-corrected chi connectivity index (χ2v) is 5.47. The summed E-state index contributed by atoms with van der Waals surface area (Å²) < 4.78 is 12.5. The highest BCUT2D eigenvalue weighted by Crippen LogP contribution is 2.33. The zero-order valence-corrected chi connectivity index (χ0v) is 10.9. The van der Waals surface area contributed by atoms with Crippen molar-refractivity contribution in [3.63, 3.8) is 0 Å². The van der Waals surface area contributed by atoms with Crippen LogP contribution in [0.5, 0.6) is 5.75 Å². The Labute approximate surface area is 109 Å². The highest BCUT2D eigenvalue weighted by Gasteiger charge is 2.15. The van der Waals surface area contributed by atoms with Gasteiger partial charge in [0.15, 0.2) is 6.29 Å². The molecule has 4 heteroatoms. The molecule has 1 aliphatic rings. The van der Waals surface area contributed by atoms with Gasteiger partial charge in [0, 0.05) is 21.9 Å². The van der Waals surface area contributed by atoms with Gasteiger partial charge in [-0.2, -0.15) is 0 Å². The molecule has 1 aliphatic heterocycles. The molecule has 1 aromatic heterocycles. The first kappa shape index (κ1) is 11.3. The third-order valence-electron chi connectivity index (χ3n) is 2.91. The van der Waals surface area contributed by atoms with Gasteiger partial charge in [0.1, 0.15) is 5.75 Å². The second-order valence-electron chi connectivity index (χ2n) is 4.16. The lowest BCUT2D eigenvalue weighted by molar-refractivity contribution is -0.105. The fraction of sp³-hybridized carbons (Fsp3) is 0.385. The Kier molecular flexibility index (Phi) is 3.23. The molecule has 0 spiro atoms. The van der Waals surface area contributed by atoms with Crippen molar-refractivity contribution in [2.24, 2.45) is 0 Å². The van der Waals surface area contributed by atoms with Crippen LogP contribution >= 0.6 is 22.9 Å². The first-order valence-corrected chi connectivity index (χ1v) is 7.04. The van der Waals surface area contributed by atoms with Gasteiger partial charge in [0.2, 0.25) is 0 Å². The number of rotatable bonds is 2. The monoisotopic (exact) mass is 268 g/mol. The summed E-state index contributed by atoms with van der Waals surface area (Å²) in [5.41, 5.74) is 0. The van der Waals surface area contributed by atoms with Gasteiger partial charge in [-0.25, -0.2) is 0 Å². The number of halogens is 1. The number of thiophene rings is 1. The van der Waals surface area contributed by atoms with E-state index in [1.807, 2.05) is 23.6 Å². The van der Waals surface area contributed by atoms with Crippen molar-refractivity contribution >= 4 is 33.0 Å². The van der Waals surface area contributed by atoms with E-state index < -0.39 is 0 Å². The molecule has 1 fully saturated rings. The van der Waals surface area contributed by atoms with Crippen LogP contribution < -0.4 is 4.74 Å². The number of ether oxygens (including phenoxy) is 2. The summed E-state index contributed by atoms with van der Waals surface area (Å²) in [5, 5.41) is 3.85. The molecule has 0 amide bonds. The quantitative estimate of drug-likeness (QED) is 0.801. The highest BCUT2D eigenvalue weighted by molar-refractivity contribution is 7.17. The van der Waals surface area contributed by atoms with Crippen LogP contribution in [0.25, 0.3) is 10.1 Å². The van der Waals surface area contributed by atoms with Gasteiger partial charge in [-0.05, 0) is 31.0 Å². The standard InChI is InChI=1S/C13H13ClO2S/c14-11-8-17-12-7-9(4-5-10(11)12)16-13-3-1-2-6-15-13/h4-5,7-8,13H,1-3,6H2. The predicted octanol–water partition coefficient (Wildman–Crippen LogP) is 4.46. The van der Waals surface area contributed by atoms with Gasteiger partial charge in [-0.15, -0.1) is 11.3 Å². The molecule has 2 heterocycles. The Morgan fingerprint density at radius 3 is 3.12 bits per heavy atom. The van der Waals surface area contributed by atoms with Gasteiger partial charge in [0.25, 0.3) is 0 Å². The Morgan fingerprint density at radius 1 is 1.35 bits per heavy atom. The topological polar surface area (TPSA) is 18.5 Å². The van der Waals surface area contributed by atoms with Gasteiger partial charge in [-0.1, -0.05) is 11.6 Å². The van der Waals surface area contributed by atoms with Crippen LogP contribution in [0.1, 0.15) is 19.3 Å².